The van der Waals surface area contributed by atoms with Gasteiger partial charge in [0.15, 0.2) is 5.58 Å². The molecule has 2 aromatic carbocycles. The van der Waals surface area contributed by atoms with Gasteiger partial charge in [0.1, 0.15) is 0 Å². The number of hydrogen-bond donors (Lipinski definition) is 0. The lowest BCUT2D eigenvalue weighted by molar-refractivity contribution is 0.439. The van der Waals surface area contributed by atoms with Crippen LogP contribution in [0.5, 0.6) is 0 Å². The molecule has 1 atom stereocenters. The van der Waals surface area contributed by atoms with Gasteiger partial charge in [0.25, 0.3) is 0 Å². The van der Waals surface area contributed by atoms with Gasteiger partial charge in [-0.05, 0) is 47.2 Å². The van der Waals surface area contributed by atoms with Gasteiger partial charge in [0, 0.05) is 29.6 Å². The third-order valence-corrected chi connectivity index (χ3v) is 5.30. The smallest absolute Gasteiger partial charge is 0.167 e. The van der Waals surface area contributed by atoms with E-state index < -0.39 is 0 Å². The molecule has 0 aliphatic rings. The molecule has 0 aliphatic heterocycles. The van der Waals surface area contributed by atoms with Crippen molar-refractivity contribution in [1.29, 1.82) is 0 Å². The number of nitrogens with zero attached hydrogens (tertiary/aromatic N) is 2. The van der Waals surface area contributed by atoms with Crippen LogP contribution in [0.25, 0.3) is 11.0 Å². The van der Waals surface area contributed by atoms with Gasteiger partial charge in [-0.2, -0.15) is 0 Å². The van der Waals surface area contributed by atoms with Crippen LogP contribution in [0.2, 0.25) is 0 Å². The van der Waals surface area contributed by atoms with Crippen molar-refractivity contribution in [3.8, 4) is 0 Å². The van der Waals surface area contributed by atoms with Crippen molar-refractivity contribution in [2.75, 3.05) is 0 Å². The number of pyridine rings is 1. The summed E-state index contributed by atoms with van der Waals surface area (Å²) in [7, 11) is 0. The molecule has 0 saturated carbocycles. The molecule has 0 radical (unpaired) electrons. The van der Waals surface area contributed by atoms with Crippen LogP contribution in [-0.2, 0) is 12.8 Å². The fourth-order valence-corrected chi connectivity index (χ4v) is 3.66. The summed E-state index contributed by atoms with van der Waals surface area (Å²) in [6.45, 7) is 6.65. The number of benzene rings is 2. The topological polar surface area (TPSA) is 38.9 Å². The molecule has 0 saturated heterocycles. The first kappa shape index (κ1) is 18.4. The van der Waals surface area contributed by atoms with Gasteiger partial charge in [0.2, 0.25) is 0 Å². The molecule has 28 heavy (non-hydrogen) atoms. The number of rotatable bonds is 6. The van der Waals surface area contributed by atoms with Crippen molar-refractivity contribution >= 4 is 11.0 Å². The van der Waals surface area contributed by atoms with Gasteiger partial charge in [-0.25, -0.2) is 0 Å². The van der Waals surface area contributed by atoms with Crippen LogP contribution in [-0.4, -0.2) is 10.1 Å². The largest absolute Gasteiger partial charge is 0.356 e. The van der Waals surface area contributed by atoms with Crippen LogP contribution in [0.1, 0.15) is 60.7 Å². The Kier molecular flexibility index (Phi) is 5.25. The molecule has 3 heteroatoms. The first-order valence-electron chi connectivity index (χ1n) is 9.97. The van der Waals surface area contributed by atoms with E-state index in [1.54, 1.807) is 0 Å². The molecule has 0 spiro atoms. The summed E-state index contributed by atoms with van der Waals surface area (Å²) in [5.74, 6) is 0.823. The van der Waals surface area contributed by atoms with E-state index in [9.17, 15) is 0 Å². The van der Waals surface area contributed by atoms with Crippen LogP contribution >= 0.6 is 0 Å². The third kappa shape index (κ3) is 3.99. The van der Waals surface area contributed by atoms with E-state index in [0.29, 0.717) is 5.92 Å². The average molecular weight is 370 g/mol. The van der Waals surface area contributed by atoms with E-state index in [1.165, 1.54) is 16.7 Å². The monoisotopic (exact) mass is 370 g/mol. The molecule has 1 unspecified atom stereocenters. The number of fused-ring (bicyclic) bond motifs is 1. The Hall–Kier alpha value is -2.94. The Morgan fingerprint density at radius 1 is 0.893 bits per heavy atom. The van der Waals surface area contributed by atoms with Crippen molar-refractivity contribution in [1.82, 2.24) is 10.1 Å². The highest BCUT2D eigenvalue weighted by atomic mass is 16.5. The summed E-state index contributed by atoms with van der Waals surface area (Å²) in [5, 5.41) is 5.39. The second kappa shape index (κ2) is 7.97. The molecular weight excluding hydrogens is 344 g/mol. The number of hydrogen-bond acceptors (Lipinski definition) is 3. The predicted octanol–water partition coefficient (Wildman–Crippen LogP) is 6.28. The number of para-hydroxylation sites is 1. The fraction of sp³-hybridized carbons (Fsp3) is 0.280. The van der Waals surface area contributed by atoms with Crippen LogP contribution in [0.3, 0.4) is 0 Å². The minimum atomic E-state index is 0.277. The SMILES string of the molecule is CC(C)c1cccc(Cc2ccc(CC(C)c3noc4ccccc34)cn2)c1. The predicted molar refractivity (Wildman–Crippen MR) is 114 cm³/mol. The molecule has 0 amide bonds. The van der Waals surface area contributed by atoms with E-state index in [2.05, 4.69) is 68.4 Å². The molecular formula is C25H26N2O. The highest BCUT2D eigenvalue weighted by Gasteiger charge is 2.15. The summed E-state index contributed by atoms with van der Waals surface area (Å²) in [6.07, 6.45) is 3.76. The van der Waals surface area contributed by atoms with Gasteiger partial charge in [0.05, 0.1) is 5.69 Å². The quantitative estimate of drug-likeness (QED) is 0.401. The lowest BCUT2D eigenvalue weighted by Gasteiger charge is -2.10. The van der Waals surface area contributed by atoms with Crippen molar-refractivity contribution in [3.05, 3.63) is 94.9 Å². The van der Waals surface area contributed by atoms with E-state index >= 15 is 0 Å². The molecule has 0 bridgehead atoms. The van der Waals surface area contributed by atoms with Gasteiger partial charge in [-0.15, -0.1) is 0 Å². The third-order valence-electron chi connectivity index (χ3n) is 5.30. The van der Waals surface area contributed by atoms with Gasteiger partial charge >= 0.3 is 0 Å². The first-order valence-corrected chi connectivity index (χ1v) is 9.97. The zero-order valence-corrected chi connectivity index (χ0v) is 16.7. The minimum absolute atomic E-state index is 0.277. The first-order chi connectivity index (χ1) is 13.6. The van der Waals surface area contributed by atoms with Crippen LogP contribution in [0.15, 0.2) is 71.4 Å². The van der Waals surface area contributed by atoms with Crippen LogP contribution < -0.4 is 0 Å². The molecule has 0 N–H and O–H groups in total. The minimum Gasteiger partial charge on any atom is -0.356 e. The molecule has 2 heterocycles. The maximum Gasteiger partial charge on any atom is 0.167 e. The van der Waals surface area contributed by atoms with E-state index in [1.807, 2.05) is 24.4 Å². The van der Waals surface area contributed by atoms with Crippen LogP contribution in [0.4, 0.5) is 0 Å². The summed E-state index contributed by atoms with van der Waals surface area (Å²) in [6, 6.07) is 21.2. The van der Waals surface area contributed by atoms with Crippen molar-refractivity contribution in [2.45, 2.75) is 45.4 Å². The number of aromatic nitrogens is 2. The molecule has 4 aromatic rings. The Labute approximate surface area is 166 Å². The van der Waals surface area contributed by atoms with Crippen molar-refractivity contribution in [2.24, 2.45) is 0 Å². The standard InChI is InChI=1S/C25H26N2O/c1-17(2)21-8-6-7-19(14-21)15-22-12-11-20(16-26-22)13-18(3)25-23-9-4-5-10-24(23)28-27-25/h4-12,14,16-18H,13,15H2,1-3H3. The maximum atomic E-state index is 5.45. The molecule has 4 rings (SSSR count). The Morgan fingerprint density at radius 2 is 1.75 bits per heavy atom. The van der Waals surface area contributed by atoms with E-state index in [0.717, 1.165) is 35.2 Å². The normalized spacial score (nSPS) is 12.6. The van der Waals surface area contributed by atoms with Gasteiger partial charge in [-0.1, -0.05) is 68.4 Å². The lowest BCUT2D eigenvalue weighted by atomic mass is 9.96. The molecule has 2 aromatic heterocycles. The Bertz CT molecular complexity index is 1060. The Morgan fingerprint density at radius 3 is 2.54 bits per heavy atom. The van der Waals surface area contributed by atoms with Crippen LogP contribution in [0, 0.1) is 0 Å². The highest BCUT2D eigenvalue weighted by molar-refractivity contribution is 5.79. The maximum absolute atomic E-state index is 5.45. The van der Waals surface area contributed by atoms with Crippen molar-refractivity contribution in [3.63, 3.8) is 0 Å². The average Bonchev–Trinajstić information content (AvgIpc) is 3.14. The second-order valence-corrected chi connectivity index (χ2v) is 7.90. The highest BCUT2D eigenvalue weighted by Crippen LogP contribution is 2.27. The Balaban J connectivity index is 1.45. The van der Waals surface area contributed by atoms with Gasteiger partial charge in [-0.3, -0.25) is 4.98 Å². The molecule has 0 aliphatic carbocycles. The molecule has 3 nitrogen and oxygen atoms in total. The molecule has 0 fully saturated rings. The fourth-order valence-electron chi connectivity index (χ4n) is 3.66. The van der Waals surface area contributed by atoms with E-state index in [4.69, 9.17) is 9.51 Å². The zero-order chi connectivity index (χ0) is 19.5. The van der Waals surface area contributed by atoms with Crippen molar-refractivity contribution < 1.29 is 4.52 Å². The zero-order valence-electron chi connectivity index (χ0n) is 16.7. The summed E-state index contributed by atoms with van der Waals surface area (Å²) < 4.78 is 5.45. The lowest BCUT2D eigenvalue weighted by Crippen LogP contribution is -2.01. The second-order valence-electron chi connectivity index (χ2n) is 7.90. The summed E-state index contributed by atoms with van der Waals surface area (Å²) in [4.78, 5) is 4.70. The van der Waals surface area contributed by atoms with E-state index in [-0.39, 0.29) is 5.92 Å². The summed E-state index contributed by atoms with van der Waals surface area (Å²) >= 11 is 0. The summed E-state index contributed by atoms with van der Waals surface area (Å²) in [5.41, 5.74) is 6.88. The molecule has 142 valence electrons. The van der Waals surface area contributed by atoms with Gasteiger partial charge < -0.3 is 4.52 Å².